The van der Waals surface area contributed by atoms with Crippen LogP contribution in [0.5, 0.6) is 0 Å². The first kappa shape index (κ1) is 14.3. The smallest absolute Gasteiger partial charge is 0.0552 e. The first-order valence-corrected chi connectivity index (χ1v) is 8.76. The number of hydrogen-bond donors (Lipinski definition) is 0. The van der Waals surface area contributed by atoms with Crippen molar-refractivity contribution in [3.8, 4) is 0 Å². The van der Waals surface area contributed by atoms with Gasteiger partial charge >= 0.3 is 0 Å². The first-order valence-electron chi connectivity index (χ1n) is 7.94. The van der Waals surface area contributed by atoms with Gasteiger partial charge < -0.3 is 4.90 Å². The molecule has 3 aromatic rings. The Kier molecular flexibility index (Phi) is 4.03. The van der Waals surface area contributed by atoms with Crippen LogP contribution in [-0.4, -0.2) is 11.5 Å². The average Bonchev–Trinajstić information content (AvgIpc) is 2.62. The number of benzene rings is 2. The Morgan fingerprint density at radius 1 is 0.826 bits per heavy atom. The lowest BCUT2D eigenvalue weighted by Crippen LogP contribution is -2.22. The van der Waals surface area contributed by atoms with E-state index < -0.39 is 0 Å². The van der Waals surface area contributed by atoms with E-state index in [1.807, 2.05) is 30.2 Å². The summed E-state index contributed by atoms with van der Waals surface area (Å²) in [5.74, 6) is 0. The fourth-order valence-corrected chi connectivity index (χ4v) is 4.11. The number of nitrogens with zero attached hydrogens (tertiary/aromatic N) is 2. The molecule has 2 aromatic carbocycles. The van der Waals surface area contributed by atoms with Crippen LogP contribution >= 0.6 is 11.8 Å². The fourth-order valence-electron chi connectivity index (χ4n) is 3.01. The van der Waals surface area contributed by atoms with E-state index in [9.17, 15) is 0 Å². The molecule has 23 heavy (non-hydrogen) atoms. The van der Waals surface area contributed by atoms with Crippen molar-refractivity contribution >= 4 is 23.1 Å². The first-order chi connectivity index (χ1) is 11.4. The van der Waals surface area contributed by atoms with E-state index in [0.717, 1.165) is 19.4 Å². The molecule has 0 radical (unpaired) electrons. The molecule has 1 aromatic heterocycles. The number of rotatable bonds is 4. The number of aryl methyl sites for hydroxylation is 1. The van der Waals surface area contributed by atoms with Gasteiger partial charge in [-0.3, -0.25) is 4.98 Å². The molecule has 0 aliphatic carbocycles. The highest BCUT2D eigenvalue weighted by molar-refractivity contribution is 7.99. The van der Waals surface area contributed by atoms with Gasteiger partial charge in [-0.2, -0.15) is 0 Å². The molecular weight excluding hydrogens is 300 g/mol. The fraction of sp³-hybridized carbons (Fsp3) is 0.150. The molecule has 0 unspecified atom stereocenters. The summed E-state index contributed by atoms with van der Waals surface area (Å²) in [6.45, 7) is 1.02. The Hall–Kier alpha value is -2.26. The van der Waals surface area contributed by atoms with Crippen LogP contribution in [0.2, 0.25) is 0 Å². The maximum absolute atomic E-state index is 4.21. The Bertz CT molecular complexity index is 756. The maximum atomic E-state index is 4.21. The zero-order valence-electron chi connectivity index (χ0n) is 12.9. The molecule has 0 saturated heterocycles. The van der Waals surface area contributed by atoms with E-state index in [2.05, 4.69) is 64.5 Å². The topological polar surface area (TPSA) is 16.1 Å². The van der Waals surface area contributed by atoms with Gasteiger partial charge in [-0.25, -0.2) is 0 Å². The summed E-state index contributed by atoms with van der Waals surface area (Å²) < 4.78 is 0. The van der Waals surface area contributed by atoms with Crippen molar-refractivity contribution in [3.05, 3.63) is 78.6 Å². The van der Waals surface area contributed by atoms with E-state index in [1.54, 1.807) is 0 Å². The van der Waals surface area contributed by atoms with E-state index in [1.165, 1.54) is 26.7 Å². The van der Waals surface area contributed by atoms with Crippen molar-refractivity contribution in [3.63, 3.8) is 0 Å². The van der Waals surface area contributed by atoms with Crippen LogP contribution in [-0.2, 0) is 6.42 Å². The van der Waals surface area contributed by atoms with Gasteiger partial charge in [0.2, 0.25) is 0 Å². The van der Waals surface area contributed by atoms with Crippen LogP contribution < -0.4 is 4.90 Å². The van der Waals surface area contributed by atoms with Crippen LogP contribution in [0.4, 0.5) is 11.4 Å². The molecule has 0 saturated carbocycles. The minimum atomic E-state index is 1.02. The van der Waals surface area contributed by atoms with Gasteiger partial charge in [-0.15, -0.1) is 0 Å². The van der Waals surface area contributed by atoms with Gasteiger partial charge in [0.25, 0.3) is 0 Å². The van der Waals surface area contributed by atoms with Crippen LogP contribution in [0.15, 0.2) is 82.8 Å². The van der Waals surface area contributed by atoms with Gasteiger partial charge in [0.15, 0.2) is 0 Å². The lowest BCUT2D eigenvalue weighted by atomic mass is 10.1. The van der Waals surface area contributed by atoms with Crippen LogP contribution in [0, 0.1) is 0 Å². The summed E-state index contributed by atoms with van der Waals surface area (Å²) in [6.07, 6.45) is 5.96. The van der Waals surface area contributed by atoms with Crippen molar-refractivity contribution < 1.29 is 0 Å². The summed E-state index contributed by atoms with van der Waals surface area (Å²) in [5, 5.41) is 0. The van der Waals surface area contributed by atoms with Gasteiger partial charge in [-0.05, 0) is 48.7 Å². The van der Waals surface area contributed by atoms with Gasteiger partial charge in [0.05, 0.1) is 11.4 Å². The molecule has 0 amide bonds. The Morgan fingerprint density at radius 3 is 2.17 bits per heavy atom. The van der Waals surface area contributed by atoms with Crippen molar-refractivity contribution in [2.75, 3.05) is 11.4 Å². The maximum Gasteiger partial charge on any atom is 0.0552 e. The van der Waals surface area contributed by atoms with Gasteiger partial charge in [0.1, 0.15) is 0 Å². The minimum absolute atomic E-state index is 1.02. The standard InChI is InChI=1S/C20H18N2S/c1-3-11-19-17(9-1)22(18-10-2-4-12-20(18)23-19)14-6-8-16-7-5-13-21-15-16/h1-5,7,9-13,15H,6,8,14H2. The third kappa shape index (κ3) is 2.97. The van der Waals surface area contributed by atoms with E-state index >= 15 is 0 Å². The summed E-state index contributed by atoms with van der Waals surface area (Å²) >= 11 is 1.86. The molecule has 0 bridgehead atoms. The molecule has 4 rings (SSSR count). The van der Waals surface area contributed by atoms with Gasteiger partial charge in [-0.1, -0.05) is 42.1 Å². The predicted molar refractivity (Wildman–Crippen MR) is 96.6 cm³/mol. The van der Waals surface area contributed by atoms with Gasteiger partial charge in [0, 0.05) is 28.7 Å². The molecule has 0 fully saturated rings. The Morgan fingerprint density at radius 2 is 1.52 bits per heavy atom. The molecule has 1 aliphatic heterocycles. The number of hydrogen-bond acceptors (Lipinski definition) is 3. The Labute approximate surface area is 141 Å². The van der Waals surface area contributed by atoms with E-state index in [-0.39, 0.29) is 0 Å². The quantitative estimate of drug-likeness (QED) is 0.648. The average molecular weight is 318 g/mol. The molecule has 2 heterocycles. The molecule has 1 aliphatic rings. The largest absolute Gasteiger partial charge is 0.340 e. The molecule has 0 spiro atoms. The molecule has 3 heteroatoms. The van der Waals surface area contributed by atoms with Crippen molar-refractivity contribution in [2.45, 2.75) is 22.6 Å². The molecule has 114 valence electrons. The zero-order chi connectivity index (χ0) is 15.5. The highest BCUT2D eigenvalue weighted by Gasteiger charge is 2.22. The Balaban J connectivity index is 1.57. The second kappa shape index (κ2) is 6.47. The predicted octanol–water partition coefficient (Wildman–Crippen LogP) is 5.32. The SMILES string of the molecule is c1cncc(CCCN2c3ccccc3Sc3ccccc32)c1. The normalized spacial score (nSPS) is 12.6. The molecule has 0 N–H and O–H groups in total. The third-order valence-corrected chi connectivity index (χ3v) is 5.23. The zero-order valence-corrected chi connectivity index (χ0v) is 13.7. The molecule has 2 nitrogen and oxygen atoms in total. The lowest BCUT2D eigenvalue weighted by molar-refractivity contribution is 0.794. The van der Waals surface area contributed by atoms with Crippen molar-refractivity contribution in [1.29, 1.82) is 0 Å². The number of fused-ring (bicyclic) bond motifs is 2. The number of anilines is 2. The van der Waals surface area contributed by atoms with E-state index in [0.29, 0.717) is 0 Å². The molecular formula is C20H18N2S. The minimum Gasteiger partial charge on any atom is -0.340 e. The third-order valence-electron chi connectivity index (χ3n) is 4.10. The second-order valence-electron chi connectivity index (χ2n) is 5.65. The van der Waals surface area contributed by atoms with Crippen molar-refractivity contribution in [2.24, 2.45) is 0 Å². The molecule has 0 atom stereocenters. The monoisotopic (exact) mass is 318 g/mol. The number of para-hydroxylation sites is 2. The summed E-state index contributed by atoms with van der Waals surface area (Å²) in [4.78, 5) is 9.34. The second-order valence-corrected chi connectivity index (χ2v) is 6.74. The summed E-state index contributed by atoms with van der Waals surface area (Å²) in [7, 11) is 0. The van der Waals surface area contributed by atoms with Crippen LogP contribution in [0.3, 0.4) is 0 Å². The van der Waals surface area contributed by atoms with Crippen molar-refractivity contribution in [1.82, 2.24) is 4.98 Å². The highest BCUT2D eigenvalue weighted by Crippen LogP contribution is 2.47. The number of pyridine rings is 1. The lowest BCUT2D eigenvalue weighted by Gasteiger charge is -2.32. The van der Waals surface area contributed by atoms with Crippen LogP contribution in [0.1, 0.15) is 12.0 Å². The summed E-state index contributed by atoms with van der Waals surface area (Å²) in [6, 6.07) is 21.5. The highest BCUT2D eigenvalue weighted by atomic mass is 32.2. The van der Waals surface area contributed by atoms with E-state index in [4.69, 9.17) is 0 Å². The summed E-state index contributed by atoms with van der Waals surface area (Å²) in [5.41, 5.74) is 3.95. The number of aromatic nitrogens is 1. The van der Waals surface area contributed by atoms with Crippen LogP contribution in [0.25, 0.3) is 0 Å².